The second-order valence-corrected chi connectivity index (χ2v) is 4.88. The molecule has 0 saturated carbocycles. The minimum Gasteiger partial charge on any atom is -0.319 e. The normalized spacial score (nSPS) is 10.5. The molecule has 0 spiro atoms. The minimum absolute atomic E-state index is 0.277. The van der Waals surface area contributed by atoms with Crippen LogP contribution in [0, 0.1) is 11.3 Å². The summed E-state index contributed by atoms with van der Waals surface area (Å²) in [7, 11) is 0. The lowest BCUT2D eigenvalue weighted by atomic mass is 10.1. The third-order valence-electron chi connectivity index (χ3n) is 3.23. The van der Waals surface area contributed by atoms with Gasteiger partial charge in [0.1, 0.15) is 0 Å². The molecule has 1 N–H and O–H groups in total. The van der Waals surface area contributed by atoms with Crippen molar-refractivity contribution in [3.05, 3.63) is 78.3 Å². The molecule has 0 radical (unpaired) electrons. The van der Waals surface area contributed by atoms with Gasteiger partial charge in [0, 0.05) is 24.7 Å². The summed E-state index contributed by atoms with van der Waals surface area (Å²) in [6.45, 7) is 0. The molecule has 2 heterocycles. The van der Waals surface area contributed by atoms with Gasteiger partial charge in [0.2, 0.25) is 5.91 Å². The van der Waals surface area contributed by atoms with Crippen LogP contribution >= 0.6 is 0 Å². The van der Waals surface area contributed by atoms with Crippen LogP contribution < -0.4 is 5.32 Å². The Morgan fingerprint density at radius 1 is 1.17 bits per heavy atom. The van der Waals surface area contributed by atoms with Gasteiger partial charge in [-0.15, -0.1) is 0 Å². The van der Waals surface area contributed by atoms with E-state index in [1.165, 1.54) is 6.08 Å². The fraction of sp³-hybridized carbons (Fsp3) is 0. The van der Waals surface area contributed by atoms with E-state index in [1.807, 2.05) is 0 Å². The molecule has 6 heteroatoms. The van der Waals surface area contributed by atoms with E-state index in [9.17, 15) is 4.79 Å². The second-order valence-electron chi connectivity index (χ2n) is 4.88. The molecule has 1 aromatic carbocycles. The molecule has 0 unspecified atom stereocenters. The predicted molar refractivity (Wildman–Crippen MR) is 90.2 cm³/mol. The molecular formula is C18H13N5O. The molecular weight excluding hydrogens is 302 g/mol. The highest BCUT2D eigenvalue weighted by atomic mass is 16.1. The number of nitrogens with zero attached hydrogens (tertiary/aromatic N) is 4. The molecule has 0 bridgehead atoms. The number of hydrogen-bond acceptors (Lipinski definition) is 4. The Kier molecular flexibility index (Phi) is 4.45. The van der Waals surface area contributed by atoms with Crippen molar-refractivity contribution in [1.29, 1.82) is 5.26 Å². The standard InChI is InChI=1S/C18H13N5O/c19-13-15-6-4-14(5-7-15)8-9-17(24)22-16-3-1-10-20-18(16)23-12-2-11-21-23/h1-12H,(H,22,24)/b9-8+. The fourth-order valence-corrected chi connectivity index (χ4v) is 2.09. The molecule has 6 nitrogen and oxygen atoms in total. The van der Waals surface area contributed by atoms with Gasteiger partial charge < -0.3 is 5.32 Å². The van der Waals surface area contributed by atoms with Gasteiger partial charge in [0.05, 0.1) is 17.3 Å². The fourth-order valence-electron chi connectivity index (χ4n) is 2.09. The maximum atomic E-state index is 12.1. The third-order valence-corrected chi connectivity index (χ3v) is 3.23. The first kappa shape index (κ1) is 15.2. The molecule has 2 aromatic heterocycles. The van der Waals surface area contributed by atoms with Crippen molar-refractivity contribution in [2.75, 3.05) is 5.32 Å². The molecule has 24 heavy (non-hydrogen) atoms. The zero-order valence-corrected chi connectivity index (χ0v) is 12.6. The van der Waals surface area contributed by atoms with Crippen LogP contribution in [0.4, 0.5) is 5.69 Å². The summed E-state index contributed by atoms with van der Waals surface area (Å²) in [6.07, 6.45) is 8.15. The number of nitrogens with one attached hydrogen (secondary N) is 1. The van der Waals surface area contributed by atoms with Gasteiger partial charge in [0.25, 0.3) is 0 Å². The van der Waals surface area contributed by atoms with Gasteiger partial charge in [-0.1, -0.05) is 12.1 Å². The Hall–Kier alpha value is -3.72. The number of rotatable bonds is 4. The summed E-state index contributed by atoms with van der Waals surface area (Å²) in [5.74, 6) is 0.267. The number of anilines is 1. The van der Waals surface area contributed by atoms with Gasteiger partial charge in [-0.3, -0.25) is 4.79 Å². The Morgan fingerprint density at radius 3 is 2.71 bits per heavy atom. The Bertz CT molecular complexity index is 905. The SMILES string of the molecule is N#Cc1ccc(/C=C/C(=O)Nc2cccnc2-n2cccn2)cc1. The first-order chi connectivity index (χ1) is 11.8. The number of carbonyl (C=O) groups excluding carboxylic acids is 1. The van der Waals surface area contributed by atoms with Crippen molar-refractivity contribution in [2.45, 2.75) is 0 Å². The highest BCUT2D eigenvalue weighted by molar-refractivity contribution is 6.02. The van der Waals surface area contributed by atoms with E-state index in [2.05, 4.69) is 21.5 Å². The smallest absolute Gasteiger partial charge is 0.248 e. The average molecular weight is 315 g/mol. The summed E-state index contributed by atoms with van der Waals surface area (Å²) >= 11 is 0. The van der Waals surface area contributed by atoms with Crippen molar-refractivity contribution >= 4 is 17.7 Å². The van der Waals surface area contributed by atoms with Crippen molar-refractivity contribution in [3.8, 4) is 11.9 Å². The van der Waals surface area contributed by atoms with E-state index in [4.69, 9.17) is 5.26 Å². The van der Waals surface area contributed by atoms with Gasteiger partial charge in [-0.2, -0.15) is 10.4 Å². The Morgan fingerprint density at radius 2 is 2.00 bits per heavy atom. The lowest BCUT2D eigenvalue weighted by molar-refractivity contribution is -0.111. The molecule has 0 aliphatic carbocycles. The highest BCUT2D eigenvalue weighted by Gasteiger charge is 2.07. The van der Waals surface area contributed by atoms with Crippen LogP contribution in [0.5, 0.6) is 0 Å². The largest absolute Gasteiger partial charge is 0.319 e. The lowest BCUT2D eigenvalue weighted by Crippen LogP contribution is -2.11. The van der Waals surface area contributed by atoms with Crippen molar-refractivity contribution < 1.29 is 4.79 Å². The first-order valence-electron chi connectivity index (χ1n) is 7.20. The number of carbonyl (C=O) groups is 1. The number of aromatic nitrogens is 3. The van der Waals surface area contributed by atoms with Gasteiger partial charge in [-0.25, -0.2) is 9.67 Å². The molecule has 0 aliphatic rings. The molecule has 1 amide bonds. The number of nitriles is 1. The molecule has 0 fully saturated rings. The van der Waals surface area contributed by atoms with Crippen LogP contribution in [-0.2, 0) is 4.79 Å². The quantitative estimate of drug-likeness (QED) is 0.750. The summed E-state index contributed by atoms with van der Waals surface area (Å²) in [4.78, 5) is 16.4. The van der Waals surface area contributed by atoms with Gasteiger partial charge in [0.15, 0.2) is 5.82 Å². The predicted octanol–water partition coefficient (Wildman–Crippen LogP) is 2.79. The van der Waals surface area contributed by atoms with Crippen LogP contribution in [0.3, 0.4) is 0 Å². The van der Waals surface area contributed by atoms with Crippen molar-refractivity contribution in [1.82, 2.24) is 14.8 Å². The molecule has 116 valence electrons. The van der Waals surface area contributed by atoms with Crippen LogP contribution in [0.2, 0.25) is 0 Å². The Balaban J connectivity index is 1.73. The number of pyridine rings is 1. The highest BCUT2D eigenvalue weighted by Crippen LogP contribution is 2.16. The molecule has 0 atom stereocenters. The molecule has 0 aliphatic heterocycles. The number of hydrogen-bond donors (Lipinski definition) is 1. The maximum absolute atomic E-state index is 12.1. The topological polar surface area (TPSA) is 83.6 Å². The minimum atomic E-state index is -0.277. The monoisotopic (exact) mass is 315 g/mol. The van der Waals surface area contributed by atoms with Gasteiger partial charge in [-0.05, 0) is 42.0 Å². The van der Waals surface area contributed by atoms with E-state index >= 15 is 0 Å². The van der Waals surface area contributed by atoms with Crippen LogP contribution in [0.15, 0.2) is 67.1 Å². The Labute approximate surface area is 138 Å². The summed E-state index contributed by atoms with van der Waals surface area (Å²) < 4.78 is 1.58. The van der Waals surface area contributed by atoms with E-state index in [0.717, 1.165) is 5.56 Å². The van der Waals surface area contributed by atoms with E-state index in [0.29, 0.717) is 17.1 Å². The zero-order valence-electron chi connectivity index (χ0n) is 12.6. The number of benzene rings is 1. The van der Waals surface area contributed by atoms with E-state index in [1.54, 1.807) is 71.8 Å². The zero-order chi connectivity index (χ0) is 16.8. The van der Waals surface area contributed by atoms with Crippen molar-refractivity contribution in [2.24, 2.45) is 0 Å². The first-order valence-corrected chi connectivity index (χ1v) is 7.20. The summed E-state index contributed by atoms with van der Waals surface area (Å²) in [6, 6.07) is 14.3. The average Bonchev–Trinajstić information content (AvgIpc) is 3.15. The molecule has 3 rings (SSSR count). The molecule has 0 saturated heterocycles. The van der Waals surface area contributed by atoms with E-state index in [-0.39, 0.29) is 5.91 Å². The van der Waals surface area contributed by atoms with Crippen molar-refractivity contribution in [3.63, 3.8) is 0 Å². The maximum Gasteiger partial charge on any atom is 0.248 e. The summed E-state index contributed by atoms with van der Waals surface area (Å²) in [5.41, 5.74) is 1.98. The number of amides is 1. The molecule has 3 aromatic rings. The van der Waals surface area contributed by atoms with Gasteiger partial charge >= 0.3 is 0 Å². The summed E-state index contributed by atoms with van der Waals surface area (Å²) in [5, 5.41) is 15.7. The van der Waals surface area contributed by atoms with Crippen LogP contribution in [0.1, 0.15) is 11.1 Å². The van der Waals surface area contributed by atoms with E-state index < -0.39 is 0 Å². The van der Waals surface area contributed by atoms with Crippen LogP contribution in [0.25, 0.3) is 11.9 Å². The third kappa shape index (κ3) is 3.54. The second kappa shape index (κ2) is 7.03. The lowest BCUT2D eigenvalue weighted by Gasteiger charge is -2.08. The van der Waals surface area contributed by atoms with Crippen LogP contribution in [-0.4, -0.2) is 20.7 Å².